The van der Waals surface area contributed by atoms with Crippen molar-refractivity contribution >= 4 is 27.7 Å². The van der Waals surface area contributed by atoms with Crippen LogP contribution in [0.3, 0.4) is 0 Å². The van der Waals surface area contributed by atoms with Crippen molar-refractivity contribution in [3.05, 3.63) is 58.3 Å². The molecule has 3 aliphatic heterocycles. The Morgan fingerprint density at radius 3 is 2.70 bits per heavy atom. The van der Waals surface area contributed by atoms with Gasteiger partial charge in [-0.2, -0.15) is 0 Å². The zero-order valence-electron chi connectivity index (χ0n) is 27.0. The summed E-state index contributed by atoms with van der Waals surface area (Å²) in [5.74, 6) is 0.739. The van der Waals surface area contributed by atoms with E-state index >= 15 is 0 Å². The molecule has 2 saturated heterocycles. The summed E-state index contributed by atoms with van der Waals surface area (Å²) >= 11 is 3.75. The number of unbranched alkanes of at least 4 members (excludes halogenated alkanes) is 1. The van der Waals surface area contributed by atoms with E-state index in [1.165, 1.54) is 30.4 Å². The molecule has 1 aromatic carbocycles. The molecule has 1 aliphatic carbocycles. The number of carbonyl (C=O) groups is 1. The summed E-state index contributed by atoms with van der Waals surface area (Å²) in [7, 11) is 0. The van der Waals surface area contributed by atoms with Gasteiger partial charge in [0.2, 0.25) is 0 Å². The molecule has 8 heteroatoms. The second-order valence-corrected chi connectivity index (χ2v) is 15.8. The molecular formula is C36H50BrN3O4. The summed E-state index contributed by atoms with van der Waals surface area (Å²) in [5, 5.41) is 7.01. The first-order valence-corrected chi connectivity index (χ1v) is 17.6. The first kappa shape index (κ1) is 32.0. The molecule has 4 heterocycles. The number of carbonyl (C=O) groups excluding carboxylic acids is 1. The highest BCUT2D eigenvalue weighted by Gasteiger charge is 2.46. The van der Waals surface area contributed by atoms with Crippen molar-refractivity contribution in [1.29, 1.82) is 0 Å². The molecule has 0 radical (unpaired) electrons. The Kier molecular flexibility index (Phi) is 9.45. The van der Waals surface area contributed by atoms with Crippen molar-refractivity contribution in [2.75, 3.05) is 38.2 Å². The second kappa shape index (κ2) is 13.0. The van der Waals surface area contributed by atoms with Crippen molar-refractivity contribution in [2.45, 2.75) is 114 Å². The number of rotatable bonds is 10. The number of hydrogen-bond acceptors (Lipinski definition) is 7. The number of fused-ring (bicyclic) bond motifs is 1. The lowest BCUT2D eigenvalue weighted by molar-refractivity contribution is -0.154. The summed E-state index contributed by atoms with van der Waals surface area (Å²) in [6.45, 7) is 12.5. The van der Waals surface area contributed by atoms with Crippen LogP contribution in [0.5, 0.6) is 0 Å². The maximum atomic E-state index is 13.3. The smallest absolute Gasteiger partial charge is 0.324 e. The SMILES string of the molecule is CC(C)(C)OC(=O)C(Br)c1cc(C2(C)CNc3nc(CCCCO[C@@H]4CCNC4)ccc3C2)ccc1C1CCC2(CC2)CO1. The van der Waals surface area contributed by atoms with Gasteiger partial charge in [0, 0.05) is 30.8 Å². The first-order valence-electron chi connectivity index (χ1n) is 16.7. The third-order valence-corrected chi connectivity index (χ3v) is 10.8. The summed E-state index contributed by atoms with van der Waals surface area (Å²) < 4.78 is 18.2. The average molecular weight is 669 g/mol. The zero-order chi connectivity index (χ0) is 31.0. The third-order valence-electron chi connectivity index (χ3n) is 9.96. The molecule has 0 bridgehead atoms. The van der Waals surface area contributed by atoms with Gasteiger partial charge in [-0.25, -0.2) is 4.98 Å². The predicted molar refractivity (Wildman–Crippen MR) is 177 cm³/mol. The maximum absolute atomic E-state index is 13.3. The van der Waals surface area contributed by atoms with Crippen LogP contribution in [0.2, 0.25) is 0 Å². The van der Waals surface area contributed by atoms with Crippen LogP contribution in [0.15, 0.2) is 30.3 Å². The van der Waals surface area contributed by atoms with Crippen molar-refractivity contribution in [1.82, 2.24) is 10.3 Å². The molecule has 0 amide bonds. The molecule has 1 spiro atoms. The summed E-state index contributed by atoms with van der Waals surface area (Å²) in [6, 6.07) is 11.1. The van der Waals surface area contributed by atoms with Crippen LogP contribution in [-0.2, 0) is 37.3 Å². The fraction of sp³-hybridized carbons (Fsp3) is 0.667. The lowest BCUT2D eigenvalue weighted by Crippen LogP contribution is -2.38. The van der Waals surface area contributed by atoms with Gasteiger partial charge in [-0.3, -0.25) is 4.79 Å². The van der Waals surface area contributed by atoms with E-state index in [0.717, 1.165) is 94.0 Å². The number of halogens is 1. The molecule has 2 N–H and O–H groups in total. The number of nitrogens with zero attached hydrogens (tertiary/aromatic N) is 1. The Hall–Kier alpha value is -2.00. The highest BCUT2D eigenvalue weighted by Crippen LogP contribution is 2.55. The number of pyridine rings is 1. The summed E-state index contributed by atoms with van der Waals surface area (Å²) in [5.41, 5.74) is 5.34. The van der Waals surface area contributed by atoms with Crippen LogP contribution in [0.1, 0.15) is 112 Å². The van der Waals surface area contributed by atoms with Crippen LogP contribution >= 0.6 is 15.9 Å². The number of benzene rings is 1. The second-order valence-electron chi connectivity index (χ2n) is 14.9. The Morgan fingerprint density at radius 2 is 2.00 bits per heavy atom. The molecule has 4 aliphatic rings. The monoisotopic (exact) mass is 667 g/mol. The average Bonchev–Trinajstić information content (AvgIpc) is 3.53. The number of hydrogen-bond donors (Lipinski definition) is 2. The minimum absolute atomic E-state index is 0.000300. The number of esters is 1. The molecule has 6 rings (SSSR count). The highest BCUT2D eigenvalue weighted by molar-refractivity contribution is 9.09. The van der Waals surface area contributed by atoms with E-state index in [9.17, 15) is 4.79 Å². The molecular weight excluding hydrogens is 618 g/mol. The molecule has 3 unspecified atom stereocenters. The number of aryl methyl sites for hydroxylation is 1. The molecule has 44 heavy (non-hydrogen) atoms. The summed E-state index contributed by atoms with van der Waals surface area (Å²) in [6.07, 6.45) is 10.2. The minimum Gasteiger partial charge on any atom is -0.459 e. The van der Waals surface area contributed by atoms with Gasteiger partial charge in [0.25, 0.3) is 0 Å². The van der Waals surface area contributed by atoms with Crippen molar-refractivity contribution < 1.29 is 19.0 Å². The topological polar surface area (TPSA) is 81.7 Å². The Labute approximate surface area is 271 Å². The van der Waals surface area contributed by atoms with E-state index in [-0.39, 0.29) is 17.5 Å². The molecule has 4 atom stereocenters. The van der Waals surface area contributed by atoms with Crippen LogP contribution in [0.25, 0.3) is 0 Å². The molecule has 1 aromatic heterocycles. The van der Waals surface area contributed by atoms with Crippen molar-refractivity contribution in [3.8, 4) is 0 Å². The third kappa shape index (κ3) is 7.51. The van der Waals surface area contributed by atoms with Crippen LogP contribution < -0.4 is 10.6 Å². The zero-order valence-corrected chi connectivity index (χ0v) is 28.6. The van der Waals surface area contributed by atoms with Gasteiger partial charge in [-0.05, 0) is 119 Å². The van der Waals surface area contributed by atoms with Gasteiger partial charge in [-0.15, -0.1) is 0 Å². The van der Waals surface area contributed by atoms with Crippen LogP contribution in [0.4, 0.5) is 5.82 Å². The van der Waals surface area contributed by atoms with Gasteiger partial charge in [-0.1, -0.05) is 47.1 Å². The number of nitrogens with one attached hydrogen (secondary N) is 2. The Balaban J connectivity index is 1.15. The number of ether oxygens (including phenoxy) is 3. The largest absolute Gasteiger partial charge is 0.459 e. The van der Waals surface area contributed by atoms with E-state index in [1.54, 1.807) is 0 Å². The molecule has 7 nitrogen and oxygen atoms in total. The minimum atomic E-state index is -0.561. The fourth-order valence-electron chi connectivity index (χ4n) is 6.99. The van der Waals surface area contributed by atoms with E-state index in [1.807, 2.05) is 20.8 Å². The molecule has 2 aromatic rings. The normalized spacial score (nSPS) is 26.6. The number of anilines is 1. The summed E-state index contributed by atoms with van der Waals surface area (Å²) in [4.78, 5) is 17.7. The van der Waals surface area contributed by atoms with Gasteiger partial charge in [0.05, 0.1) is 18.8 Å². The van der Waals surface area contributed by atoms with Gasteiger partial charge < -0.3 is 24.8 Å². The van der Waals surface area contributed by atoms with Gasteiger partial charge >= 0.3 is 5.97 Å². The fourth-order valence-corrected chi connectivity index (χ4v) is 7.48. The van der Waals surface area contributed by atoms with Crippen LogP contribution in [-0.4, -0.2) is 55.5 Å². The number of aromatic nitrogens is 1. The quantitative estimate of drug-likeness (QED) is 0.159. The molecule has 3 fully saturated rings. The van der Waals surface area contributed by atoms with Gasteiger partial charge in [0.15, 0.2) is 0 Å². The number of alkyl halides is 1. The standard InChI is InChI=1S/C36H50BrN3O4/c1-34(2,3)44-33(41)31(37)29-19-25(9-11-28(29)30-12-14-36(15-16-36)23-43-30)35(4)20-24-8-10-26(40-32(24)39-22-35)7-5-6-18-42-27-13-17-38-21-27/h8-11,19,27,30-31,38H,5-7,12-18,20-23H2,1-4H3,(H,39,40)/t27-,30?,31?,35?/m1/s1. The lowest BCUT2D eigenvalue weighted by atomic mass is 9.74. The molecule has 240 valence electrons. The van der Waals surface area contributed by atoms with Crippen molar-refractivity contribution in [3.63, 3.8) is 0 Å². The van der Waals surface area contributed by atoms with Gasteiger partial charge in [0.1, 0.15) is 16.2 Å². The molecule has 1 saturated carbocycles. The predicted octanol–water partition coefficient (Wildman–Crippen LogP) is 7.12. The van der Waals surface area contributed by atoms with E-state index in [2.05, 4.69) is 63.8 Å². The highest BCUT2D eigenvalue weighted by atomic mass is 79.9. The van der Waals surface area contributed by atoms with E-state index in [4.69, 9.17) is 19.2 Å². The Morgan fingerprint density at radius 1 is 1.16 bits per heavy atom. The van der Waals surface area contributed by atoms with Crippen LogP contribution in [0, 0.1) is 5.41 Å². The van der Waals surface area contributed by atoms with E-state index < -0.39 is 10.4 Å². The maximum Gasteiger partial charge on any atom is 0.324 e. The first-order chi connectivity index (χ1) is 21.0. The Bertz CT molecular complexity index is 1320. The lowest BCUT2D eigenvalue weighted by Gasteiger charge is -2.37. The van der Waals surface area contributed by atoms with Crippen molar-refractivity contribution in [2.24, 2.45) is 5.41 Å². The van der Waals surface area contributed by atoms with E-state index in [0.29, 0.717) is 11.5 Å².